The molecule has 0 saturated carbocycles. The Morgan fingerprint density at radius 2 is 1.47 bits per heavy atom. The van der Waals surface area contributed by atoms with E-state index >= 15 is 0 Å². The van der Waals surface area contributed by atoms with E-state index in [4.69, 9.17) is 11.6 Å². The molecule has 0 radical (unpaired) electrons. The van der Waals surface area contributed by atoms with Crippen LogP contribution >= 0.6 is 11.6 Å². The second kappa shape index (κ2) is 8.43. The second-order valence-electron chi connectivity index (χ2n) is 8.17. The molecule has 0 aliphatic rings. The lowest BCUT2D eigenvalue weighted by atomic mass is 9.87. The van der Waals surface area contributed by atoms with E-state index in [-0.39, 0.29) is 27.6 Å². The average Bonchev–Trinajstić information content (AvgIpc) is 2.66. The highest BCUT2D eigenvalue weighted by Crippen LogP contribution is 2.40. The first-order valence-corrected chi connectivity index (χ1v) is 13.1. The van der Waals surface area contributed by atoms with Crippen LogP contribution in [0.2, 0.25) is 5.15 Å². The van der Waals surface area contributed by atoms with E-state index in [9.17, 15) is 21.4 Å². The van der Waals surface area contributed by atoms with Crippen LogP contribution in [0.5, 0.6) is 0 Å². The molecule has 8 nitrogen and oxygen atoms in total. The van der Waals surface area contributed by atoms with Crippen molar-refractivity contribution in [2.45, 2.75) is 31.3 Å². The zero-order valence-electron chi connectivity index (χ0n) is 17.8. The van der Waals surface area contributed by atoms with Gasteiger partial charge in [0.05, 0.1) is 11.3 Å². The van der Waals surface area contributed by atoms with Crippen molar-refractivity contribution in [1.82, 2.24) is 9.97 Å². The van der Waals surface area contributed by atoms with E-state index in [1.807, 2.05) is 20.8 Å². The SMILES string of the molecule is CC(C)(C)c1ccc(N(c2nc(S(C)(=O)=O)nc(Cl)c2-c2ccccc2)S(=O)(=O)O)cc1. The molecule has 11 heteroatoms. The Bertz CT molecular complexity index is 1350. The number of hydrogen-bond donors (Lipinski definition) is 1. The number of halogens is 1. The molecule has 0 amide bonds. The number of sulfone groups is 1. The summed E-state index contributed by atoms with van der Waals surface area (Å²) < 4.78 is 59.9. The van der Waals surface area contributed by atoms with Gasteiger partial charge in [-0.2, -0.15) is 17.7 Å². The Morgan fingerprint density at radius 1 is 0.906 bits per heavy atom. The van der Waals surface area contributed by atoms with Crippen LogP contribution < -0.4 is 4.31 Å². The molecule has 1 heterocycles. The third kappa shape index (κ3) is 5.09. The maximum atomic E-state index is 12.5. The van der Waals surface area contributed by atoms with Gasteiger partial charge in [-0.3, -0.25) is 4.55 Å². The summed E-state index contributed by atoms with van der Waals surface area (Å²) in [5.74, 6) is -0.386. The van der Waals surface area contributed by atoms with Crippen molar-refractivity contribution < 1.29 is 21.4 Å². The highest BCUT2D eigenvalue weighted by Gasteiger charge is 2.31. The Kier molecular flexibility index (Phi) is 6.36. The van der Waals surface area contributed by atoms with Crippen LogP contribution in [0.3, 0.4) is 0 Å². The molecule has 0 spiro atoms. The Balaban J connectivity index is 2.37. The van der Waals surface area contributed by atoms with Crippen LogP contribution in [-0.2, 0) is 25.6 Å². The highest BCUT2D eigenvalue weighted by atomic mass is 35.5. The Morgan fingerprint density at radius 3 is 1.94 bits per heavy atom. The van der Waals surface area contributed by atoms with Gasteiger partial charge in [0.2, 0.25) is 15.0 Å². The summed E-state index contributed by atoms with van der Waals surface area (Å²) in [6, 6.07) is 14.8. The number of nitrogens with zero attached hydrogens (tertiary/aromatic N) is 3. The molecule has 1 N–H and O–H groups in total. The minimum absolute atomic E-state index is 0.0481. The zero-order chi connectivity index (χ0) is 23.9. The molecule has 170 valence electrons. The molecule has 0 aliphatic heterocycles. The summed E-state index contributed by atoms with van der Waals surface area (Å²) in [6.45, 7) is 6.00. The van der Waals surface area contributed by atoms with Crippen LogP contribution in [0.4, 0.5) is 11.5 Å². The number of hydrogen-bond acceptors (Lipinski definition) is 6. The fourth-order valence-corrected chi connectivity index (χ4v) is 4.60. The molecular formula is C21H22ClN3O5S2. The molecule has 2 aromatic carbocycles. The molecular weight excluding hydrogens is 474 g/mol. The van der Waals surface area contributed by atoms with Crippen molar-refractivity contribution in [2.24, 2.45) is 0 Å². The van der Waals surface area contributed by atoms with Gasteiger partial charge in [-0.25, -0.2) is 13.4 Å². The number of aromatic nitrogens is 2. The van der Waals surface area contributed by atoms with E-state index in [1.165, 1.54) is 12.1 Å². The molecule has 3 rings (SSSR count). The summed E-state index contributed by atoms with van der Waals surface area (Å²) in [7, 11) is -8.88. The molecule has 0 atom stereocenters. The number of benzene rings is 2. The summed E-state index contributed by atoms with van der Waals surface area (Å²) in [5, 5.41) is -0.946. The van der Waals surface area contributed by atoms with E-state index in [0.29, 0.717) is 9.87 Å². The standard InChI is InChI=1S/C21H22ClN3O5S2/c1-21(2,3)15-10-12-16(13-11-15)25(32(28,29)30)19-17(14-8-6-5-7-9-14)18(22)23-20(24-19)31(4,26)27/h5-13H,1-4H3,(H,28,29,30). The molecule has 0 bridgehead atoms. The Hall–Kier alpha value is -2.53. The van der Waals surface area contributed by atoms with E-state index < -0.39 is 25.3 Å². The van der Waals surface area contributed by atoms with Gasteiger partial charge in [0, 0.05) is 6.26 Å². The topological polar surface area (TPSA) is 118 Å². The van der Waals surface area contributed by atoms with Crippen molar-refractivity contribution in [1.29, 1.82) is 0 Å². The lowest BCUT2D eigenvalue weighted by Crippen LogP contribution is -2.28. The minimum Gasteiger partial charge on any atom is -0.269 e. The fourth-order valence-electron chi connectivity index (χ4n) is 3.03. The van der Waals surface area contributed by atoms with Crippen LogP contribution in [0, 0.1) is 0 Å². The van der Waals surface area contributed by atoms with Crippen LogP contribution in [-0.4, -0.2) is 37.6 Å². The fraction of sp³-hybridized carbons (Fsp3) is 0.238. The van der Waals surface area contributed by atoms with Gasteiger partial charge < -0.3 is 0 Å². The largest absolute Gasteiger partial charge is 0.365 e. The van der Waals surface area contributed by atoms with E-state index in [1.54, 1.807) is 42.5 Å². The smallest absolute Gasteiger partial charge is 0.269 e. The highest BCUT2D eigenvalue weighted by molar-refractivity contribution is 7.90. The minimum atomic E-state index is -4.94. The van der Waals surface area contributed by atoms with Crippen LogP contribution in [0.1, 0.15) is 26.3 Å². The first-order valence-electron chi connectivity index (χ1n) is 9.41. The summed E-state index contributed by atoms with van der Waals surface area (Å²) in [6.07, 6.45) is 0.876. The third-order valence-electron chi connectivity index (χ3n) is 4.61. The summed E-state index contributed by atoms with van der Waals surface area (Å²) >= 11 is 6.32. The van der Waals surface area contributed by atoms with E-state index in [2.05, 4.69) is 9.97 Å². The summed E-state index contributed by atoms with van der Waals surface area (Å²) in [5.41, 5.74) is 1.27. The van der Waals surface area contributed by atoms with Gasteiger partial charge >= 0.3 is 10.3 Å². The van der Waals surface area contributed by atoms with Gasteiger partial charge in [-0.15, -0.1) is 0 Å². The zero-order valence-corrected chi connectivity index (χ0v) is 20.2. The normalized spacial score (nSPS) is 12.6. The van der Waals surface area contributed by atoms with Crippen molar-refractivity contribution in [2.75, 3.05) is 10.6 Å². The van der Waals surface area contributed by atoms with Gasteiger partial charge in [-0.05, 0) is 28.7 Å². The van der Waals surface area contributed by atoms with Gasteiger partial charge in [0.15, 0.2) is 5.82 Å². The van der Waals surface area contributed by atoms with Crippen molar-refractivity contribution >= 4 is 43.2 Å². The molecule has 1 aromatic heterocycles. The molecule has 0 unspecified atom stereocenters. The molecule has 0 aliphatic carbocycles. The predicted octanol–water partition coefficient (Wildman–Crippen LogP) is 4.44. The quantitative estimate of drug-likeness (QED) is 0.316. The lowest BCUT2D eigenvalue weighted by Gasteiger charge is -2.25. The maximum absolute atomic E-state index is 12.5. The van der Waals surface area contributed by atoms with Crippen molar-refractivity contribution in [3.63, 3.8) is 0 Å². The van der Waals surface area contributed by atoms with Crippen LogP contribution in [0.15, 0.2) is 59.8 Å². The predicted molar refractivity (Wildman–Crippen MR) is 124 cm³/mol. The first-order chi connectivity index (χ1) is 14.7. The number of anilines is 2. The number of rotatable bonds is 5. The van der Waals surface area contributed by atoms with Crippen LogP contribution in [0.25, 0.3) is 11.1 Å². The molecule has 3 aromatic rings. The molecule has 0 saturated heterocycles. The van der Waals surface area contributed by atoms with Crippen molar-refractivity contribution in [3.05, 3.63) is 65.3 Å². The second-order valence-corrected chi connectivity index (χ2v) is 11.7. The monoisotopic (exact) mass is 495 g/mol. The lowest BCUT2D eigenvalue weighted by molar-refractivity contribution is 0.482. The van der Waals surface area contributed by atoms with Gasteiger partial charge in [-0.1, -0.05) is 74.8 Å². The third-order valence-corrected chi connectivity index (χ3v) is 6.57. The Labute approximate surface area is 192 Å². The first kappa shape index (κ1) is 24.1. The average molecular weight is 496 g/mol. The molecule has 0 fully saturated rings. The maximum Gasteiger partial charge on any atom is 0.365 e. The molecule has 32 heavy (non-hydrogen) atoms. The van der Waals surface area contributed by atoms with Gasteiger partial charge in [0.1, 0.15) is 5.15 Å². The van der Waals surface area contributed by atoms with Gasteiger partial charge in [0.25, 0.3) is 0 Å². The van der Waals surface area contributed by atoms with E-state index in [0.717, 1.165) is 11.8 Å². The summed E-state index contributed by atoms with van der Waals surface area (Å²) in [4.78, 5) is 7.85. The van der Waals surface area contributed by atoms with Crippen molar-refractivity contribution in [3.8, 4) is 11.1 Å².